The minimum atomic E-state index is 0.0614. The van der Waals surface area contributed by atoms with Crippen molar-refractivity contribution >= 4 is 28.1 Å². The van der Waals surface area contributed by atoms with Gasteiger partial charge in [-0.3, -0.25) is 4.79 Å². The first-order valence-electron chi connectivity index (χ1n) is 8.09. The summed E-state index contributed by atoms with van der Waals surface area (Å²) in [6.45, 7) is 2.64. The van der Waals surface area contributed by atoms with Gasteiger partial charge in [0.2, 0.25) is 5.91 Å². The van der Waals surface area contributed by atoms with Crippen LogP contribution >= 0.6 is 11.3 Å². The summed E-state index contributed by atoms with van der Waals surface area (Å²) in [5.41, 5.74) is 3.23. The maximum atomic E-state index is 12.5. The Morgan fingerprint density at radius 3 is 2.75 bits per heavy atom. The number of carbonyl (C=O) groups excluding carboxylic acids is 1. The number of aromatic nitrogens is 1. The lowest BCUT2D eigenvalue weighted by atomic mass is 10.1. The highest BCUT2D eigenvalue weighted by Gasteiger charge is 2.17. The number of aromatic amines is 1. The molecule has 0 saturated heterocycles. The molecule has 126 valence electrons. The van der Waals surface area contributed by atoms with E-state index in [9.17, 15) is 4.79 Å². The fourth-order valence-corrected chi connectivity index (χ4v) is 3.94. The van der Waals surface area contributed by atoms with Gasteiger partial charge in [-0.2, -0.15) is 0 Å². The molecule has 4 nitrogen and oxygen atoms in total. The molecule has 2 heterocycles. The molecule has 3 rings (SSSR count). The van der Waals surface area contributed by atoms with Crippen molar-refractivity contribution < 1.29 is 4.79 Å². The Labute approximate surface area is 146 Å². The van der Waals surface area contributed by atoms with E-state index >= 15 is 0 Å². The zero-order valence-corrected chi connectivity index (χ0v) is 15.1. The number of likely N-dealkylation sites (N-methyl/N-ethyl adjacent to an activating group) is 1. The molecule has 24 heavy (non-hydrogen) atoms. The van der Waals surface area contributed by atoms with Crippen molar-refractivity contribution in [3.05, 3.63) is 57.9 Å². The summed E-state index contributed by atoms with van der Waals surface area (Å²) < 4.78 is 0. The second-order valence-electron chi connectivity index (χ2n) is 6.25. The van der Waals surface area contributed by atoms with E-state index in [0.717, 1.165) is 22.2 Å². The van der Waals surface area contributed by atoms with E-state index in [4.69, 9.17) is 0 Å². The first-order valence-corrected chi connectivity index (χ1v) is 8.97. The molecule has 1 amide bonds. The number of para-hydroxylation sites is 1. The van der Waals surface area contributed by atoms with Crippen molar-refractivity contribution in [1.82, 2.24) is 15.2 Å². The van der Waals surface area contributed by atoms with Crippen LogP contribution in [0.1, 0.15) is 22.2 Å². The number of hydrogen-bond donors (Lipinski definition) is 2. The quantitative estimate of drug-likeness (QED) is 0.721. The van der Waals surface area contributed by atoms with Crippen LogP contribution < -0.4 is 5.32 Å². The smallest absolute Gasteiger partial charge is 0.224 e. The number of rotatable bonds is 6. The molecular formula is C19H23N3OS. The lowest BCUT2D eigenvalue weighted by Gasteiger charge is -2.23. The Kier molecular flexibility index (Phi) is 5.02. The number of nitrogens with one attached hydrogen (secondary N) is 2. The summed E-state index contributed by atoms with van der Waals surface area (Å²) in [6, 6.07) is 12.5. The molecule has 2 aromatic heterocycles. The van der Waals surface area contributed by atoms with Crippen LogP contribution in [0.3, 0.4) is 0 Å². The second kappa shape index (κ2) is 7.20. The van der Waals surface area contributed by atoms with Crippen LogP contribution in [0, 0.1) is 6.92 Å². The zero-order chi connectivity index (χ0) is 17.1. The molecule has 1 unspecified atom stereocenters. The predicted molar refractivity (Wildman–Crippen MR) is 100 cm³/mol. The largest absolute Gasteiger partial charge is 0.358 e. The molecule has 3 aromatic rings. The van der Waals surface area contributed by atoms with E-state index in [1.54, 1.807) is 11.3 Å². The lowest BCUT2D eigenvalue weighted by molar-refractivity contribution is -0.120. The third kappa shape index (κ3) is 3.52. The molecule has 0 aliphatic heterocycles. The average molecular weight is 341 g/mol. The number of thiophene rings is 1. The van der Waals surface area contributed by atoms with Crippen molar-refractivity contribution in [1.29, 1.82) is 0 Å². The molecular weight excluding hydrogens is 318 g/mol. The molecule has 0 radical (unpaired) electrons. The Morgan fingerprint density at radius 2 is 2.04 bits per heavy atom. The van der Waals surface area contributed by atoms with Crippen LogP contribution in [-0.4, -0.2) is 36.4 Å². The number of aryl methyl sites for hydroxylation is 1. The van der Waals surface area contributed by atoms with Gasteiger partial charge in [-0.15, -0.1) is 11.3 Å². The van der Waals surface area contributed by atoms with E-state index in [1.165, 1.54) is 4.88 Å². The Morgan fingerprint density at radius 1 is 1.25 bits per heavy atom. The van der Waals surface area contributed by atoms with Crippen molar-refractivity contribution in [2.75, 3.05) is 20.6 Å². The fraction of sp³-hybridized carbons (Fsp3) is 0.316. The number of nitrogens with zero attached hydrogens (tertiary/aromatic N) is 1. The molecule has 2 N–H and O–H groups in total. The molecule has 1 aromatic carbocycles. The van der Waals surface area contributed by atoms with Gasteiger partial charge in [0.25, 0.3) is 0 Å². The van der Waals surface area contributed by atoms with Crippen molar-refractivity contribution in [2.45, 2.75) is 19.4 Å². The van der Waals surface area contributed by atoms with Gasteiger partial charge in [0, 0.05) is 28.0 Å². The van der Waals surface area contributed by atoms with Crippen LogP contribution in [0.4, 0.5) is 0 Å². The van der Waals surface area contributed by atoms with E-state index in [-0.39, 0.29) is 11.9 Å². The lowest BCUT2D eigenvalue weighted by Crippen LogP contribution is -2.35. The highest BCUT2D eigenvalue weighted by molar-refractivity contribution is 7.10. The van der Waals surface area contributed by atoms with Gasteiger partial charge in [0.05, 0.1) is 12.5 Å². The van der Waals surface area contributed by atoms with Crippen LogP contribution in [-0.2, 0) is 11.2 Å². The van der Waals surface area contributed by atoms with E-state index in [0.29, 0.717) is 13.0 Å². The van der Waals surface area contributed by atoms with Crippen molar-refractivity contribution in [2.24, 2.45) is 0 Å². The summed E-state index contributed by atoms with van der Waals surface area (Å²) in [6.07, 6.45) is 0.403. The molecule has 1 atom stereocenters. The summed E-state index contributed by atoms with van der Waals surface area (Å²) >= 11 is 1.72. The minimum Gasteiger partial charge on any atom is -0.358 e. The van der Waals surface area contributed by atoms with Gasteiger partial charge >= 0.3 is 0 Å². The van der Waals surface area contributed by atoms with E-state index in [1.807, 2.05) is 45.3 Å². The monoisotopic (exact) mass is 341 g/mol. The van der Waals surface area contributed by atoms with Crippen molar-refractivity contribution in [3.63, 3.8) is 0 Å². The number of fused-ring (bicyclic) bond motifs is 1. The Bertz CT molecular complexity index is 820. The zero-order valence-electron chi connectivity index (χ0n) is 14.3. The highest BCUT2D eigenvalue weighted by Crippen LogP contribution is 2.24. The maximum absolute atomic E-state index is 12.5. The van der Waals surface area contributed by atoms with Crippen LogP contribution in [0.2, 0.25) is 0 Å². The molecule has 5 heteroatoms. The van der Waals surface area contributed by atoms with E-state index < -0.39 is 0 Å². The SMILES string of the molecule is Cc1[nH]c2ccccc2c1CC(=O)NCC(c1cccs1)N(C)C. The number of benzene rings is 1. The molecule has 0 saturated carbocycles. The van der Waals surface area contributed by atoms with Gasteiger partial charge in [-0.05, 0) is 44.1 Å². The minimum absolute atomic E-state index is 0.0614. The van der Waals surface area contributed by atoms with E-state index in [2.05, 4.69) is 32.7 Å². The topological polar surface area (TPSA) is 48.1 Å². The van der Waals surface area contributed by atoms with Crippen LogP contribution in [0.15, 0.2) is 41.8 Å². The normalized spacial score (nSPS) is 12.7. The number of amides is 1. The number of carbonyl (C=O) groups is 1. The van der Waals surface area contributed by atoms with Gasteiger partial charge in [-0.25, -0.2) is 0 Å². The second-order valence-corrected chi connectivity index (χ2v) is 7.23. The van der Waals surface area contributed by atoms with Gasteiger partial charge in [-0.1, -0.05) is 24.3 Å². The van der Waals surface area contributed by atoms with Crippen molar-refractivity contribution in [3.8, 4) is 0 Å². The standard InChI is InChI=1S/C19H23N3OS/c1-13-15(14-7-4-5-8-16(14)21-13)11-19(23)20-12-17(22(2)3)18-9-6-10-24-18/h4-10,17,21H,11-12H2,1-3H3,(H,20,23). The molecule has 0 fully saturated rings. The summed E-state index contributed by atoms with van der Waals surface area (Å²) in [7, 11) is 4.08. The van der Waals surface area contributed by atoms with Gasteiger partial charge < -0.3 is 15.2 Å². The van der Waals surface area contributed by atoms with Gasteiger partial charge in [0.15, 0.2) is 0 Å². The molecule has 0 aliphatic rings. The summed E-state index contributed by atoms with van der Waals surface area (Å²) in [5.74, 6) is 0.0614. The third-order valence-corrected chi connectivity index (χ3v) is 5.33. The fourth-order valence-electron chi connectivity index (χ4n) is 3.01. The van der Waals surface area contributed by atoms with Gasteiger partial charge in [0.1, 0.15) is 0 Å². The summed E-state index contributed by atoms with van der Waals surface area (Å²) in [4.78, 5) is 19.2. The average Bonchev–Trinajstić information content (AvgIpc) is 3.16. The summed E-state index contributed by atoms with van der Waals surface area (Å²) in [5, 5.41) is 6.30. The Hall–Kier alpha value is -2.11. The van der Waals surface area contributed by atoms with Crippen LogP contribution in [0.25, 0.3) is 10.9 Å². The van der Waals surface area contributed by atoms with Crippen LogP contribution in [0.5, 0.6) is 0 Å². The Balaban J connectivity index is 1.68. The first-order chi connectivity index (χ1) is 11.6. The predicted octanol–water partition coefficient (Wildman–Crippen LogP) is 3.50. The maximum Gasteiger partial charge on any atom is 0.224 e. The number of H-pyrrole nitrogens is 1. The molecule has 0 bridgehead atoms. The number of hydrogen-bond acceptors (Lipinski definition) is 3. The third-order valence-electron chi connectivity index (χ3n) is 4.35. The highest BCUT2D eigenvalue weighted by atomic mass is 32.1. The first kappa shape index (κ1) is 16.7. The molecule has 0 spiro atoms. The molecule has 0 aliphatic carbocycles.